The molecule has 4 heteroatoms. The van der Waals surface area contributed by atoms with Gasteiger partial charge in [-0.15, -0.1) is 0 Å². The van der Waals surface area contributed by atoms with E-state index in [2.05, 4.69) is 5.32 Å². The van der Waals surface area contributed by atoms with Crippen LogP contribution in [0.5, 0.6) is 0 Å². The highest BCUT2D eigenvalue weighted by Crippen LogP contribution is 2.41. The van der Waals surface area contributed by atoms with Crippen LogP contribution in [0.1, 0.15) is 47.1 Å². The molecule has 0 radical (unpaired) electrons. The molecule has 0 bridgehead atoms. The van der Waals surface area contributed by atoms with Crippen LogP contribution >= 0.6 is 11.6 Å². The van der Waals surface area contributed by atoms with Gasteiger partial charge in [0.05, 0.1) is 11.4 Å². The number of aromatic nitrogens is 2. The fraction of sp³-hybridized carbons (Fsp3) is 0.375. The Bertz CT molecular complexity index is 648. The molecular formula is C16H16ClN3. The fourth-order valence-electron chi connectivity index (χ4n) is 2.81. The fourth-order valence-corrected chi connectivity index (χ4v) is 2.93. The van der Waals surface area contributed by atoms with Crippen LogP contribution in [0.4, 0.5) is 0 Å². The molecule has 1 aromatic carbocycles. The molecule has 2 heterocycles. The zero-order valence-electron chi connectivity index (χ0n) is 11.2. The summed E-state index contributed by atoms with van der Waals surface area (Å²) in [6, 6.07) is 7.95. The third-order valence-electron chi connectivity index (χ3n) is 4.00. The lowest BCUT2D eigenvalue weighted by atomic mass is 10.1. The van der Waals surface area contributed by atoms with E-state index in [9.17, 15) is 0 Å². The van der Waals surface area contributed by atoms with E-state index in [-0.39, 0.29) is 0 Å². The van der Waals surface area contributed by atoms with Gasteiger partial charge in [0.1, 0.15) is 5.82 Å². The van der Waals surface area contributed by atoms with Crippen LogP contribution in [-0.2, 0) is 19.5 Å². The first-order chi connectivity index (χ1) is 9.79. The highest BCUT2D eigenvalue weighted by Gasteiger charge is 2.31. The van der Waals surface area contributed by atoms with Crippen molar-refractivity contribution in [3.63, 3.8) is 0 Å². The average molecular weight is 286 g/mol. The Morgan fingerprint density at radius 3 is 2.65 bits per heavy atom. The molecule has 2 aliphatic rings. The summed E-state index contributed by atoms with van der Waals surface area (Å²) in [5.41, 5.74) is 5.06. The first kappa shape index (κ1) is 12.3. The molecule has 1 aromatic heterocycles. The van der Waals surface area contributed by atoms with E-state index in [4.69, 9.17) is 21.6 Å². The van der Waals surface area contributed by atoms with Gasteiger partial charge < -0.3 is 5.32 Å². The van der Waals surface area contributed by atoms with Crippen molar-refractivity contribution in [3.05, 3.63) is 57.6 Å². The quantitative estimate of drug-likeness (QED) is 0.941. The van der Waals surface area contributed by atoms with E-state index in [1.54, 1.807) is 0 Å². The summed E-state index contributed by atoms with van der Waals surface area (Å²) in [7, 11) is 0. The molecule has 1 fully saturated rings. The smallest absolute Gasteiger partial charge is 0.133 e. The van der Waals surface area contributed by atoms with Gasteiger partial charge in [-0.1, -0.05) is 23.7 Å². The monoisotopic (exact) mass is 285 g/mol. The summed E-state index contributed by atoms with van der Waals surface area (Å²) >= 11 is 5.93. The number of hydrogen-bond donors (Lipinski definition) is 1. The van der Waals surface area contributed by atoms with E-state index in [0.717, 1.165) is 30.4 Å². The highest BCUT2D eigenvalue weighted by molar-refractivity contribution is 6.30. The molecule has 1 aliphatic carbocycles. The Hall–Kier alpha value is -1.45. The second-order valence-corrected chi connectivity index (χ2v) is 6.07. The Labute approximate surface area is 123 Å². The minimum Gasteiger partial charge on any atom is -0.307 e. The van der Waals surface area contributed by atoms with Crippen LogP contribution < -0.4 is 5.32 Å². The summed E-state index contributed by atoms with van der Waals surface area (Å²) in [6.07, 6.45) is 3.35. The van der Waals surface area contributed by atoms with Crippen molar-refractivity contribution in [2.75, 3.05) is 0 Å². The predicted molar refractivity (Wildman–Crippen MR) is 78.8 cm³/mol. The predicted octanol–water partition coefficient (Wildman–Crippen LogP) is 3.20. The number of rotatable bonds is 3. The minimum absolute atomic E-state index is 0.676. The molecule has 0 saturated heterocycles. The zero-order valence-corrected chi connectivity index (χ0v) is 12.0. The molecule has 0 spiro atoms. The lowest BCUT2D eigenvalue weighted by Crippen LogP contribution is -2.06. The summed E-state index contributed by atoms with van der Waals surface area (Å²) in [6.45, 7) is 1.81. The maximum atomic E-state index is 5.93. The molecular weight excluding hydrogens is 270 g/mol. The van der Waals surface area contributed by atoms with E-state index >= 15 is 0 Å². The molecule has 1 aliphatic heterocycles. The third-order valence-corrected chi connectivity index (χ3v) is 4.26. The summed E-state index contributed by atoms with van der Waals surface area (Å²) in [5, 5.41) is 4.16. The lowest BCUT2D eigenvalue weighted by molar-refractivity contribution is 0.754. The molecule has 4 rings (SSSR count). The van der Waals surface area contributed by atoms with Gasteiger partial charge in [0.25, 0.3) is 0 Å². The van der Waals surface area contributed by atoms with Crippen molar-refractivity contribution in [3.8, 4) is 0 Å². The van der Waals surface area contributed by atoms with Crippen molar-refractivity contribution in [2.24, 2.45) is 0 Å². The average Bonchev–Trinajstić information content (AvgIpc) is 3.19. The van der Waals surface area contributed by atoms with Crippen LogP contribution in [0.15, 0.2) is 24.3 Å². The number of fused-ring (bicyclic) bond motifs is 1. The van der Waals surface area contributed by atoms with Gasteiger partial charge >= 0.3 is 0 Å². The molecule has 2 aromatic rings. The highest BCUT2D eigenvalue weighted by atomic mass is 35.5. The largest absolute Gasteiger partial charge is 0.307 e. The van der Waals surface area contributed by atoms with Gasteiger partial charge in [-0.05, 0) is 30.5 Å². The second kappa shape index (κ2) is 4.83. The minimum atomic E-state index is 0.676. The normalized spacial score (nSPS) is 17.2. The van der Waals surface area contributed by atoms with E-state index in [1.165, 1.54) is 35.4 Å². The van der Waals surface area contributed by atoms with Crippen molar-refractivity contribution in [1.29, 1.82) is 0 Å². The SMILES string of the molecule is Clc1ccc(Cc2nc3c(c(C4CC4)n2)CNC3)cc1. The van der Waals surface area contributed by atoms with Crippen LogP contribution in [-0.4, -0.2) is 9.97 Å². The van der Waals surface area contributed by atoms with Gasteiger partial charge in [-0.2, -0.15) is 0 Å². The second-order valence-electron chi connectivity index (χ2n) is 5.63. The standard InChI is InChI=1S/C16H16ClN3/c17-12-5-1-10(2-6-12)7-15-19-14-9-18-8-13(14)16(20-15)11-3-4-11/h1-2,5-6,11,18H,3-4,7-9H2. The topological polar surface area (TPSA) is 37.8 Å². The first-order valence-electron chi connectivity index (χ1n) is 7.13. The molecule has 1 saturated carbocycles. The van der Waals surface area contributed by atoms with Gasteiger partial charge in [0.2, 0.25) is 0 Å². The number of nitrogens with zero attached hydrogens (tertiary/aromatic N) is 2. The number of hydrogen-bond acceptors (Lipinski definition) is 3. The Morgan fingerprint density at radius 1 is 1.10 bits per heavy atom. The Morgan fingerprint density at radius 2 is 1.90 bits per heavy atom. The number of benzene rings is 1. The molecule has 0 atom stereocenters. The molecule has 0 unspecified atom stereocenters. The molecule has 20 heavy (non-hydrogen) atoms. The van der Waals surface area contributed by atoms with Crippen molar-refractivity contribution < 1.29 is 0 Å². The Kier molecular flexibility index (Phi) is 2.97. The van der Waals surface area contributed by atoms with E-state index in [0.29, 0.717) is 5.92 Å². The summed E-state index contributed by atoms with van der Waals surface area (Å²) in [4.78, 5) is 9.58. The van der Waals surface area contributed by atoms with Gasteiger partial charge in [-0.3, -0.25) is 0 Å². The zero-order chi connectivity index (χ0) is 13.5. The van der Waals surface area contributed by atoms with E-state index in [1.807, 2.05) is 24.3 Å². The summed E-state index contributed by atoms with van der Waals surface area (Å²) < 4.78 is 0. The molecule has 1 N–H and O–H groups in total. The van der Waals surface area contributed by atoms with Crippen LogP contribution in [0.25, 0.3) is 0 Å². The maximum absolute atomic E-state index is 5.93. The van der Waals surface area contributed by atoms with Crippen LogP contribution in [0.2, 0.25) is 5.02 Å². The molecule has 102 valence electrons. The van der Waals surface area contributed by atoms with E-state index < -0.39 is 0 Å². The number of nitrogens with one attached hydrogen (secondary N) is 1. The van der Waals surface area contributed by atoms with Gasteiger partial charge in [0.15, 0.2) is 0 Å². The third kappa shape index (κ3) is 2.32. The Balaban J connectivity index is 1.68. The lowest BCUT2D eigenvalue weighted by Gasteiger charge is -2.09. The first-order valence-corrected chi connectivity index (χ1v) is 7.51. The molecule has 3 nitrogen and oxygen atoms in total. The molecule has 0 amide bonds. The van der Waals surface area contributed by atoms with Crippen molar-refractivity contribution >= 4 is 11.6 Å². The number of halogens is 1. The van der Waals surface area contributed by atoms with Crippen molar-refractivity contribution in [2.45, 2.75) is 38.3 Å². The van der Waals surface area contributed by atoms with Gasteiger partial charge in [-0.25, -0.2) is 9.97 Å². The van der Waals surface area contributed by atoms with Crippen LogP contribution in [0, 0.1) is 0 Å². The van der Waals surface area contributed by atoms with Gasteiger partial charge in [0, 0.05) is 36.0 Å². The van der Waals surface area contributed by atoms with Crippen molar-refractivity contribution in [1.82, 2.24) is 15.3 Å². The van der Waals surface area contributed by atoms with Crippen LogP contribution in [0.3, 0.4) is 0 Å². The summed E-state index contributed by atoms with van der Waals surface area (Å²) in [5.74, 6) is 1.62. The maximum Gasteiger partial charge on any atom is 0.133 e.